The molecular formula is C22H35N5O3. The van der Waals surface area contributed by atoms with Crippen molar-refractivity contribution in [1.29, 1.82) is 0 Å². The molecule has 8 heteroatoms. The van der Waals surface area contributed by atoms with Gasteiger partial charge in [-0.3, -0.25) is 0 Å². The predicted octanol–water partition coefficient (Wildman–Crippen LogP) is 3.15. The Morgan fingerprint density at radius 3 is 2.57 bits per heavy atom. The molecule has 1 N–H and O–H groups in total. The number of nitrogens with one attached hydrogen (secondary N) is 1. The molecule has 1 spiro atoms. The third kappa shape index (κ3) is 4.79. The molecule has 1 amide bonds. The Kier molecular flexibility index (Phi) is 6.04. The van der Waals surface area contributed by atoms with Gasteiger partial charge in [0.15, 0.2) is 0 Å². The Balaban J connectivity index is 1.28. The van der Waals surface area contributed by atoms with Crippen LogP contribution in [0, 0.1) is 11.3 Å². The van der Waals surface area contributed by atoms with Crippen LogP contribution >= 0.6 is 0 Å². The van der Waals surface area contributed by atoms with Crippen molar-refractivity contribution < 1.29 is 14.3 Å². The second kappa shape index (κ2) is 8.57. The van der Waals surface area contributed by atoms with Gasteiger partial charge in [-0.1, -0.05) is 0 Å². The van der Waals surface area contributed by atoms with Gasteiger partial charge in [0.25, 0.3) is 0 Å². The van der Waals surface area contributed by atoms with E-state index in [1.165, 1.54) is 12.8 Å². The molecule has 1 saturated carbocycles. The summed E-state index contributed by atoms with van der Waals surface area (Å²) in [4.78, 5) is 25.3. The Morgan fingerprint density at radius 1 is 1.20 bits per heavy atom. The Morgan fingerprint density at radius 2 is 1.93 bits per heavy atom. The molecule has 2 aliphatic heterocycles. The largest absolute Gasteiger partial charge is 0.444 e. The lowest BCUT2D eigenvalue weighted by Gasteiger charge is -2.54. The van der Waals surface area contributed by atoms with Crippen LogP contribution in [0.4, 0.5) is 16.4 Å². The average molecular weight is 418 g/mol. The standard InChI is InChI=1S/C22H35N5O3/c1-21(2,3)30-20(28)27-8-6-22(7-9-27)5-4-17(22)15-23-18-14-19(25-16-24-18)26-10-12-29-13-11-26/h14,16-17H,4-13,15H2,1-3H3,(H,23,24,25). The van der Waals surface area contributed by atoms with Crippen LogP contribution in [0.5, 0.6) is 0 Å². The van der Waals surface area contributed by atoms with E-state index in [9.17, 15) is 4.79 Å². The minimum Gasteiger partial charge on any atom is -0.444 e. The van der Waals surface area contributed by atoms with E-state index in [1.807, 2.05) is 31.7 Å². The predicted molar refractivity (Wildman–Crippen MR) is 116 cm³/mol. The SMILES string of the molecule is CC(C)(C)OC(=O)N1CCC2(CCC2CNc2cc(N3CCOCC3)ncn2)CC1. The van der Waals surface area contributed by atoms with Gasteiger partial charge >= 0.3 is 6.09 Å². The summed E-state index contributed by atoms with van der Waals surface area (Å²) in [7, 11) is 0. The van der Waals surface area contributed by atoms with E-state index in [2.05, 4.69) is 20.2 Å². The zero-order chi connectivity index (χ0) is 21.2. The Hall–Kier alpha value is -2.09. The summed E-state index contributed by atoms with van der Waals surface area (Å²) in [6.07, 6.45) is 6.07. The number of likely N-dealkylation sites (tertiary alicyclic amines) is 1. The lowest BCUT2D eigenvalue weighted by atomic mass is 9.55. The van der Waals surface area contributed by atoms with Crippen molar-refractivity contribution in [2.75, 3.05) is 56.2 Å². The first-order valence-corrected chi connectivity index (χ1v) is 11.2. The van der Waals surface area contributed by atoms with Crippen molar-refractivity contribution in [3.8, 4) is 0 Å². The van der Waals surface area contributed by atoms with Crippen LogP contribution in [-0.4, -0.2) is 72.5 Å². The number of anilines is 2. The molecule has 1 unspecified atom stereocenters. The number of hydrogen-bond donors (Lipinski definition) is 1. The fourth-order valence-electron chi connectivity index (χ4n) is 4.83. The summed E-state index contributed by atoms with van der Waals surface area (Å²) in [6.45, 7) is 11.5. The quantitative estimate of drug-likeness (QED) is 0.806. The molecule has 1 aromatic heterocycles. The van der Waals surface area contributed by atoms with Crippen molar-refractivity contribution in [3.05, 3.63) is 12.4 Å². The molecule has 2 saturated heterocycles. The molecule has 0 aromatic carbocycles. The Labute approximate surface area is 179 Å². The maximum Gasteiger partial charge on any atom is 0.410 e. The lowest BCUT2D eigenvalue weighted by molar-refractivity contribution is -0.0371. The molecule has 30 heavy (non-hydrogen) atoms. The van der Waals surface area contributed by atoms with E-state index >= 15 is 0 Å². The molecule has 3 heterocycles. The van der Waals surface area contributed by atoms with Crippen LogP contribution in [-0.2, 0) is 9.47 Å². The molecule has 1 aromatic rings. The van der Waals surface area contributed by atoms with Crippen molar-refractivity contribution in [2.45, 2.75) is 52.1 Å². The fourth-order valence-corrected chi connectivity index (χ4v) is 4.83. The number of aromatic nitrogens is 2. The van der Waals surface area contributed by atoms with Gasteiger partial charge in [-0.15, -0.1) is 0 Å². The fraction of sp³-hybridized carbons (Fsp3) is 0.773. The molecule has 1 aliphatic carbocycles. The number of piperidine rings is 1. The first-order chi connectivity index (χ1) is 14.3. The van der Waals surface area contributed by atoms with E-state index in [1.54, 1.807) is 6.33 Å². The van der Waals surface area contributed by atoms with Gasteiger partial charge in [0, 0.05) is 38.8 Å². The molecule has 3 fully saturated rings. The van der Waals surface area contributed by atoms with Gasteiger partial charge in [-0.05, 0) is 57.8 Å². The lowest BCUT2D eigenvalue weighted by Crippen LogP contribution is -2.53. The van der Waals surface area contributed by atoms with E-state index in [0.29, 0.717) is 11.3 Å². The van der Waals surface area contributed by atoms with Gasteiger partial charge in [-0.2, -0.15) is 0 Å². The third-order valence-corrected chi connectivity index (χ3v) is 6.78. The highest BCUT2D eigenvalue weighted by Gasteiger charge is 2.48. The molecule has 1 atom stereocenters. The van der Waals surface area contributed by atoms with E-state index < -0.39 is 5.60 Å². The van der Waals surface area contributed by atoms with Crippen LogP contribution in [0.1, 0.15) is 46.5 Å². The number of carbonyl (C=O) groups excluding carboxylic acids is 1. The molecule has 166 valence electrons. The third-order valence-electron chi connectivity index (χ3n) is 6.78. The number of nitrogens with zero attached hydrogens (tertiary/aromatic N) is 4. The maximum absolute atomic E-state index is 12.4. The average Bonchev–Trinajstić information content (AvgIpc) is 2.73. The summed E-state index contributed by atoms with van der Waals surface area (Å²) in [6, 6.07) is 2.04. The van der Waals surface area contributed by atoms with Gasteiger partial charge in [0.05, 0.1) is 13.2 Å². The van der Waals surface area contributed by atoms with Gasteiger partial charge in [0.1, 0.15) is 23.6 Å². The van der Waals surface area contributed by atoms with Crippen LogP contribution in [0.15, 0.2) is 12.4 Å². The summed E-state index contributed by atoms with van der Waals surface area (Å²) in [5.41, 5.74) is -0.0850. The second-order valence-electron chi connectivity index (χ2n) is 9.81. The smallest absolute Gasteiger partial charge is 0.410 e. The van der Waals surface area contributed by atoms with Crippen molar-refractivity contribution in [2.24, 2.45) is 11.3 Å². The number of ether oxygens (including phenoxy) is 2. The molecule has 0 bridgehead atoms. The molecule has 3 aliphatic rings. The number of carbonyl (C=O) groups is 1. The molecule has 0 radical (unpaired) electrons. The van der Waals surface area contributed by atoms with Crippen molar-refractivity contribution >= 4 is 17.7 Å². The minimum atomic E-state index is -0.438. The van der Waals surface area contributed by atoms with Gasteiger partial charge < -0.3 is 24.6 Å². The summed E-state index contributed by atoms with van der Waals surface area (Å²) in [5.74, 6) is 2.48. The molecule has 4 rings (SSSR count). The molecular weight excluding hydrogens is 382 g/mol. The minimum absolute atomic E-state index is 0.178. The van der Waals surface area contributed by atoms with E-state index in [0.717, 1.165) is 70.4 Å². The summed E-state index contributed by atoms with van der Waals surface area (Å²) >= 11 is 0. The zero-order valence-corrected chi connectivity index (χ0v) is 18.5. The van der Waals surface area contributed by atoms with Crippen LogP contribution in [0.2, 0.25) is 0 Å². The number of hydrogen-bond acceptors (Lipinski definition) is 7. The number of rotatable bonds is 4. The highest BCUT2D eigenvalue weighted by Crippen LogP contribution is 2.53. The normalized spacial score (nSPS) is 23.8. The van der Waals surface area contributed by atoms with Gasteiger partial charge in [-0.25, -0.2) is 14.8 Å². The van der Waals surface area contributed by atoms with Crippen molar-refractivity contribution in [1.82, 2.24) is 14.9 Å². The highest BCUT2D eigenvalue weighted by molar-refractivity contribution is 5.68. The summed E-state index contributed by atoms with van der Waals surface area (Å²) < 4.78 is 11.0. The number of morpholine rings is 1. The van der Waals surface area contributed by atoms with E-state index in [-0.39, 0.29) is 6.09 Å². The van der Waals surface area contributed by atoms with Crippen LogP contribution < -0.4 is 10.2 Å². The van der Waals surface area contributed by atoms with Crippen LogP contribution in [0.25, 0.3) is 0 Å². The Bertz CT molecular complexity index is 737. The first-order valence-electron chi connectivity index (χ1n) is 11.2. The second-order valence-corrected chi connectivity index (χ2v) is 9.81. The zero-order valence-electron chi connectivity index (χ0n) is 18.5. The topological polar surface area (TPSA) is 79.8 Å². The van der Waals surface area contributed by atoms with Crippen LogP contribution in [0.3, 0.4) is 0 Å². The van der Waals surface area contributed by atoms with Gasteiger partial charge in [0.2, 0.25) is 0 Å². The maximum atomic E-state index is 12.4. The molecule has 8 nitrogen and oxygen atoms in total. The van der Waals surface area contributed by atoms with E-state index in [4.69, 9.17) is 9.47 Å². The highest BCUT2D eigenvalue weighted by atomic mass is 16.6. The van der Waals surface area contributed by atoms with Crippen molar-refractivity contribution in [3.63, 3.8) is 0 Å². The monoisotopic (exact) mass is 417 g/mol. The number of amides is 1. The summed E-state index contributed by atoms with van der Waals surface area (Å²) in [5, 5.41) is 3.55. The first kappa shape index (κ1) is 21.2.